The van der Waals surface area contributed by atoms with Gasteiger partial charge >= 0.3 is 5.97 Å². The molecule has 1 aliphatic carbocycles. The molecule has 1 heterocycles. The summed E-state index contributed by atoms with van der Waals surface area (Å²) >= 11 is 0. The summed E-state index contributed by atoms with van der Waals surface area (Å²) in [6.07, 6.45) is 2.69. The van der Waals surface area contributed by atoms with Gasteiger partial charge in [0.05, 0.1) is 5.92 Å². The fourth-order valence-electron chi connectivity index (χ4n) is 2.99. The number of aliphatic carboxylic acids is 1. The second-order valence-corrected chi connectivity index (χ2v) is 4.94. The van der Waals surface area contributed by atoms with E-state index >= 15 is 0 Å². The van der Waals surface area contributed by atoms with Crippen LogP contribution in [0.2, 0.25) is 0 Å². The third-order valence-electron chi connectivity index (χ3n) is 4.07. The molecule has 2 fully saturated rings. The van der Waals surface area contributed by atoms with Gasteiger partial charge in [-0.2, -0.15) is 0 Å². The van der Waals surface area contributed by atoms with Crippen LogP contribution in [0.3, 0.4) is 0 Å². The van der Waals surface area contributed by atoms with Crippen LogP contribution in [0.4, 0.5) is 0 Å². The van der Waals surface area contributed by atoms with Crippen molar-refractivity contribution < 1.29 is 9.90 Å². The zero-order valence-electron chi connectivity index (χ0n) is 9.52. The molecule has 0 aromatic carbocycles. The molecule has 4 nitrogen and oxygen atoms in total. The van der Waals surface area contributed by atoms with Crippen LogP contribution in [0.15, 0.2) is 0 Å². The van der Waals surface area contributed by atoms with Crippen molar-refractivity contribution in [2.45, 2.75) is 31.3 Å². The van der Waals surface area contributed by atoms with E-state index in [-0.39, 0.29) is 5.92 Å². The lowest BCUT2D eigenvalue weighted by atomic mass is 9.80. The van der Waals surface area contributed by atoms with Crippen LogP contribution in [-0.4, -0.2) is 60.1 Å². The molecule has 15 heavy (non-hydrogen) atoms. The Morgan fingerprint density at radius 2 is 1.73 bits per heavy atom. The molecule has 0 spiro atoms. The van der Waals surface area contributed by atoms with E-state index in [1.165, 1.54) is 0 Å². The molecular weight excluding hydrogens is 192 g/mol. The maximum atomic E-state index is 11.0. The number of carboxylic acids is 1. The van der Waals surface area contributed by atoms with E-state index in [4.69, 9.17) is 5.11 Å². The van der Waals surface area contributed by atoms with Gasteiger partial charge in [-0.1, -0.05) is 0 Å². The average molecular weight is 212 g/mol. The molecular formula is C11H20N2O2. The molecule has 0 amide bonds. The van der Waals surface area contributed by atoms with Gasteiger partial charge in [-0.25, -0.2) is 0 Å². The summed E-state index contributed by atoms with van der Waals surface area (Å²) in [6, 6.07) is 1.01. The molecule has 86 valence electrons. The third kappa shape index (κ3) is 2.01. The van der Waals surface area contributed by atoms with E-state index in [0.717, 1.165) is 32.4 Å². The van der Waals surface area contributed by atoms with Gasteiger partial charge in [-0.05, 0) is 33.4 Å². The number of nitrogens with zero attached hydrogens (tertiary/aromatic N) is 2. The summed E-state index contributed by atoms with van der Waals surface area (Å²) in [5, 5.41) is 9.05. The first kappa shape index (κ1) is 10.9. The first-order chi connectivity index (χ1) is 7.09. The van der Waals surface area contributed by atoms with E-state index in [0.29, 0.717) is 12.1 Å². The average Bonchev–Trinajstić information content (AvgIpc) is 2.23. The van der Waals surface area contributed by atoms with Crippen LogP contribution in [0.25, 0.3) is 0 Å². The van der Waals surface area contributed by atoms with Crippen molar-refractivity contribution in [3.05, 3.63) is 0 Å². The first-order valence-corrected chi connectivity index (χ1v) is 5.73. The normalized spacial score (nSPS) is 38.7. The molecule has 4 heteroatoms. The van der Waals surface area contributed by atoms with Crippen molar-refractivity contribution in [2.75, 3.05) is 27.2 Å². The summed E-state index contributed by atoms with van der Waals surface area (Å²) in [6.45, 7) is 2.17. The Bertz CT molecular complexity index is 257. The molecule has 0 radical (unpaired) electrons. The molecule has 2 aliphatic rings. The molecule has 3 atom stereocenters. The van der Waals surface area contributed by atoms with Crippen molar-refractivity contribution >= 4 is 5.97 Å². The summed E-state index contributed by atoms with van der Waals surface area (Å²) in [7, 11) is 4.28. The molecule has 0 bridgehead atoms. The topological polar surface area (TPSA) is 43.8 Å². The summed E-state index contributed by atoms with van der Waals surface area (Å²) in [4.78, 5) is 15.7. The highest BCUT2D eigenvalue weighted by molar-refractivity contribution is 5.70. The number of carbonyl (C=O) groups is 1. The van der Waals surface area contributed by atoms with Crippen molar-refractivity contribution in [1.29, 1.82) is 0 Å². The lowest BCUT2D eigenvalue weighted by Gasteiger charge is -2.48. The first-order valence-electron chi connectivity index (χ1n) is 5.73. The highest BCUT2D eigenvalue weighted by Gasteiger charge is 2.39. The standard InChI is InChI=1S/C11H20N2O2/c1-12-5-6-13(2)10-7-8(11(14)15)3-4-9(10)12/h8-10H,3-7H2,1-2H3,(H,14,15). The lowest BCUT2D eigenvalue weighted by molar-refractivity contribution is -0.144. The fraction of sp³-hybridized carbons (Fsp3) is 0.909. The van der Waals surface area contributed by atoms with Gasteiger partial charge in [0.25, 0.3) is 0 Å². The summed E-state index contributed by atoms with van der Waals surface area (Å²) < 4.78 is 0. The maximum Gasteiger partial charge on any atom is 0.306 e. The second-order valence-electron chi connectivity index (χ2n) is 4.94. The Labute approximate surface area is 90.9 Å². The molecule has 1 N–H and O–H groups in total. The molecule has 1 saturated heterocycles. The Morgan fingerprint density at radius 1 is 1.13 bits per heavy atom. The van der Waals surface area contributed by atoms with E-state index in [1.807, 2.05) is 0 Å². The maximum absolute atomic E-state index is 11.0. The van der Waals surface area contributed by atoms with Crippen LogP contribution in [0.1, 0.15) is 19.3 Å². The number of carboxylic acid groups (broad SMARTS) is 1. The smallest absolute Gasteiger partial charge is 0.306 e. The highest BCUT2D eigenvalue weighted by atomic mass is 16.4. The van der Waals surface area contributed by atoms with Crippen molar-refractivity contribution in [2.24, 2.45) is 5.92 Å². The Kier molecular flexibility index (Phi) is 2.98. The third-order valence-corrected chi connectivity index (χ3v) is 4.07. The quantitative estimate of drug-likeness (QED) is 0.687. The van der Waals surface area contributed by atoms with Crippen LogP contribution < -0.4 is 0 Å². The Balaban J connectivity index is 2.06. The SMILES string of the molecule is CN1CCN(C)C2CC(C(=O)O)CCC21. The monoisotopic (exact) mass is 212 g/mol. The number of hydrogen-bond donors (Lipinski definition) is 1. The van der Waals surface area contributed by atoms with Crippen LogP contribution in [-0.2, 0) is 4.79 Å². The largest absolute Gasteiger partial charge is 0.481 e. The number of hydrogen-bond acceptors (Lipinski definition) is 3. The molecule has 1 aliphatic heterocycles. The van der Waals surface area contributed by atoms with E-state index in [1.54, 1.807) is 0 Å². The fourth-order valence-corrected chi connectivity index (χ4v) is 2.99. The Hall–Kier alpha value is -0.610. The highest BCUT2D eigenvalue weighted by Crippen LogP contribution is 2.32. The van der Waals surface area contributed by atoms with Crippen molar-refractivity contribution in [1.82, 2.24) is 9.80 Å². The number of rotatable bonds is 1. The zero-order chi connectivity index (χ0) is 11.0. The molecule has 2 rings (SSSR count). The molecule has 1 saturated carbocycles. The van der Waals surface area contributed by atoms with Crippen LogP contribution in [0.5, 0.6) is 0 Å². The Morgan fingerprint density at radius 3 is 2.33 bits per heavy atom. The van der Waals surface area contributed by atoms with Gasteiger partial charge in [0, 0.05) is 25.2 Å². The molecule has 0 aromatic heterocycles. The van der Waals surface area contributed by atoms with Crippen molar-refractivity contribution in [3.8, 4) is 0 Å². The van der Waals surface area contributed by atoms with Crippen molar-refractivity contribution in [3.63, 3.8) is 0 Å². The second kappa shape index (κ2) is 4.10. The predicted octanol–water partition coefficient (Wildman–Crippen LogP) is 0.485. The van der Waals surface area contributed by atoms with Gasteiger partial charge in [-0.15, -0.1) is 0 Å². The minimum Gasteiger partial charge on any atom is -0.481 e. The molecule has 0 aromatic rings. The van der Waals surface area contributed by atoms with Gasteiger partial charge in [0.1, 0.15) is 0 Å². The lowest BCUT2D eigenvalue weighted by Crippen LogP contribution is -2.59. The van der Waals surface area contributed by atoms with E-state index in [9.17, 15) is 4.79 Å². The minimum absolute atomic E-state index is 0.125. The number of piperazine rings is 1. The van der Waals surface area contributed by atoms with E-state index < -0.39 is 5.97 Å². The zero-order valence-corrected chi connectivity index (χ0v) is 9.52. The van der Waals surface area contributed by atoms with Gasteiger partial charge < -0.3 is 14.9 Å². The van der Waals surface area contributed by atoms with Gasteiger partial charge in [0.15, 0.2) is 0 Å². The van der Waals surface area contributed by atoms with E-state index in [2.05, 4.69) is 23.9 Å². The van der Waals surface area contributed by atoms with Crippen LogP contribution in [0, 0.1) is 5.92 Å². The van der Waals surface area contributed by atoms with Gasteiger partial charge in [-0.3, -0.25) is 4.79 Å². The summed E-state index contributed by atoms with van der Waals surface area (Å²) in [5.41, 5.74) is 0. The van der Waals surface area contributed by atoms with Gasteiger partial charge in [0.2, 0.25) is 0 Å². The number of fused-ring (bicyclic) bond motifs is 1. The minimum atomic E-state index is -0.616. The molecule has 3 unspecified atom stereocenters. The number of likely N-dealkylation sites (N-methyl/N-ethyl adjacent to an activating group) is 2. The van der Waals surface area contributed by atoms with Crippen LogP contribution >= 0.6 is 0 Å². The summed E-state index contributed by atoms with van der Waals surface area (Å²) in [5.74, 6) is -0.740. The predicted molar refractivity (Wildman–Crippen MR) is 57.8 cm³/mol.